The van der Waals surface area contributed by atoms with Crippen molar-refractivity contribution in [1.29, 1.82) is 0 Å². The van der Waals surface area contributed by atoms with Gasteiger partial charge in [0, 0.05) is 18.2 Å². The average Bonchev–Trinajstić information content (AvgIpc) is 3.19. The van der Waals surface area contributed by atoms with Crippen molar-refractivity contribution in [2.75, 3.05) is 4.90 Å². The molecule has 2 amide bonds. The molecular weight excluding hydrogens is 490 g/mol. The average molecular weight is 514 g/mol. The molecule has 1 heterocycles. The molecule has 0 N–H and O–H groups in total. The first-order valence-electron chi connectivity index (χ1n) is 12.8. The summed E-state index contributed by atoms with van der Waals surface area (Å²) < 4.78 is 0. The molecule has 0 aromatic heterocycles. The Kier molecular flexibility index (Phi) is 4.94. The van der Waals surface area contributed by atoms with Gasteiger partial charge >= 0.3 is 0 Å². The summed E-state index contributed by atoms with van der Waals surface area (Å²) in [6.45, 7) is 1.99. The summed E-state index contributed by atoms with van der Waals surface area (Å²) in [6, 6.07) is 29.7. The van der Waals surface area contributed by atoms with Crippen LogP contribution in [0.4, 0.5) is 17.1 Å². The molecule has 10 rings (SSSR count). The Balaban J connectivity index is 1.52. The zero-order valence-corrected chi connectivity index (χ0v) is 21.0. The predicted octanol–water partition coefficient (Wildman–Crippen LogP) is 5.86. The predicted molar refractivity (Wildman–Crippen MR) is 147 cm³/mol. The van der Waals surface area contributed by atoms with Crippen LogP contribution < -0.4 is 4.90 Å². The van der Waals surface area contributed by atoms with Gasteiger partial charge in [0.2, 0.25) is 11.8 Å². The second kappa shape index (κ2) is 8.30. The molecule has 7 heteroatoms. The number of benzene rings is 4. The van der Waals surface area contributed by atoms with E-state index in [4.69, 9.17) is 4.99 Å². The van der Waals surface area contributed by atoms with Crippen molar-refractivity contribution in [2.45, 2.75) is 18.3 Å². The first-order chi connectivity index (χ1) is 18.9. The van der Waals surface area contributed by atoms with Crippen LogP contribution in [0.2, 0.25) is 0 Å². The number of hydrogen-bond acceptors (Lipinski definition) is 5. The molecule has 1 aliphatic heterocycles. The molecule has 6 aliphatic rings. The maximum atomic E-state index is 14.5. The van der Waals surface area contributed by atoms with Crippen LogP contribution in [0.1, 0.15) is 33.7 Å². The number of carbonyl (C=O) groups excluding carboxylic acids is 2. The number of aryl methyl sites for hydroxylation is 1. The van der Waals surface area contributed by atoms with Gasteiger partial charge in [0.25, 0.3) is 5.69 Å². The Morgan fingerprint density at radius 2 is 1.64 bits per heavy atom. The lowest BCUT2D eigenvalue weighted by atomic mass is 9.52. The molecule has 4 aromatic rings. The van der Waals surface area contributed by atoms with Gasteiger partial charge in [0.05, 0.1) is 27.9 Å². The molecule has 0 unspecified atom stereocenters. The van der Waals surface area contributed by atoms with Gasteiger partial charge in [-0.15, -0.1) is 0 Å². The van der Waals surface area contributed by atoms with E-state index < -0.39 is 34.0 Å². The Hall–Kier alpha value is -4.91. The monoisotopic (exact) mass is 513 g/mol. The normalized spacial score (nSPS) is 24.5. The molecule has 1 fully saturated rings. The van der Waals surface area contributed by atoms with Gasteiger partial charge in [0.1, 0.15) is 5.69 Å². The number of imide groups is 1. The third-order valence-electron chi connectivity index (χ3n) is 8.43. The van der Waals surface area contributed by atoms with Crippen LogP contribution in [0.25, 0.3) is 0 Å². The topological polar surface area (TPSA) is 92.9 Å². The minimum Gasteiger partial charge on any atom is -0.274 e. The van der Waals surface area contributed by atoms with E-state index in [0.717, 1.165) is 38.4 Å². The number of amides is 2. The summed E-state index contributed by atoms with van der Waals surface area (Å²) in [5.41, 5.74) is 4.17. The highest BCUT2D eigenvalue weighted by atomic mass is 16.6. The Labute approximate surface area is 224 Å². The SMILES string of the molecule is Cc1cccc(N=C[C@@]23c4ccc(cc4)[C@@H](c4ccccc42)[C@@H]2C(=O)N(c4ccccc4[N+](=O)[O-])C(=O)[C@@H]23)c1. The van der Waals surface area contributed by atoms with E-state index in [1.54, 1.807) is 6.07 Å². The number of nitro groups is 1. The highest BCUT2D eigenvalue weighted by Crippen LogP contribution is 2.60. The van der Waals surface area contributed by atoms with Gasteiger partial charge in [-0.1, -0.05) is 72.8 Å². The third-order valence-corrected chi connectivity index (χ3v) is 8.43. The van der Waals surface area contributed by atoms with E-state index in [1.807, 2.05) is 85.9 Å². The van der Waals surface area contributed by atoms with E-state index in [9.17, 15) is 19.7 Å². The van der Waals surface area contributed by atoms with Gasteiger partial charge in [-0.2, -0.15) is 0 Å². The van der Waals surface area contributed by atoms with Crippen molar-refractivity contribution in [3.8, 4) is 0 Å². The molecule has 4 atom stereocenters. The molecular formula is C32H23N3O4. The number of hydrogen-bond donors (Lipinski definition) is 0. The summed E-state index contributed by atoms with van der Waals surface area (Å²) >= 11 is 0. The standard InChI is InChI=1S/C32H23N3O4/c1-19-7-6-8-22(17-19)33-18-32-21-15-13-20(14-16-21)27(23-9-2-3-10-24(23)32)28-29(32)31(37)34(30(28)36)25-11-4-5-12-26(25)35(38)39/h2-18,27-29H,1H3/t27-,28-,29+,32+/m0/s1. The van der Waals surface area contributed by atoms with Crippen molar-refractivity contribution in [3.05, 3.63) is 135 Å². The number of nitro benzene ring substituents is 1. The lowest BCUT2D eigenvalue weighted by Crippen LogP contribution is -2.51. The lowest BCUT2D eigenvalue weighted by molar-refractivity contribution is -0.384. The van der Waals surface area contributed by atoms with Crippen molar-refractivity contribution in [1.82, 2.24) is 0 Å². The van der Waals surface area contributed by atoms with Gasteiger partial charge in [0.15, 0.2) is 0 Å². The number of carbonyl (C=O) groups is 2. The zero-order valence-electron chi connectivity index (χ0n) is 21.0. The molecule has 0 radical (unpaired) electrons. The molecule has 190 valence electrons. The highest BCUT2D eigenvalue weighted by molar-refractivity contribution is 6.25. The van der Waals surface area contributed by atoms with Gasteiger partial charge < -0.3 is 0 Å². The summed E-state index contributed by atoms with van der Waals surface area (Å²) in [5.74, 6) is -2.80. The minimum atomic E-state index is -1.05. The first kappa shape index (κ1) is 23.2. The fourth-order valence-corrected chi connectivity index (χ4v) is 6.85. The van der Waals surface area contributed by atoms with E-state index in [2.05, 4.69) is 0 Å². The summed E-state index contributed by atoms with van der Waals surface area (Å²) in [5, 5.41) is 11.9. The van der Waals surface area contributed by atoms with Crippen LogP contribution in [0, 0.1) is 28.9 Å². The van der Waals surface area contributed by atoms with Crippen LogP contribution >= 0.6 is 0 Å². The fourth-order valence-electron chi connectivity index (χ4n) is 6.85. The van der Waals surface area contributed by atoms with Gasteiger partial charge in [-0.05, 0) is 52.9 Å². The Bertz CT molecular complexity index is 1730. The first-order valence-corrected chi connectivity index (χ1v) is 12.8. The second-order valence-corrected chi connectivity index (χ2v) is 10.4. The Morgan fingerprint density at radius 3 is 2.41 bits per heavy atom. The van der Waals surface area contributed by atoms with Crippen LogP contribution in [-0.2, 0) is 15.0 Å². The van der Waals surface area contributed by atoms with Gasteiger partial charge in [-0.3, -0.25) is 24.7 Å². The molecule has 4 aromatic carbocycles. The number of para-hydroxylation sites is 2. The molecule has 0 spiro atoms. The quantitative estimate of drug-likeness (QED) is 0.148. The van der Waals surface area contributed by atoms with E-state index in [1.165, 1.54) is 18.2 Å². The van der Waals surface area contributed by atoms with Crippen LogP contribution in [0.15, 0.2) is 102 Å². The largest absolute Gasteiger partial charge is 0.293 e. The number of anilines is 1. The van der Waals surface area contributed by atoms with E-state index >= 15 is 0 Å². The van der Waals surface area contributed by atoms with E-state index in [-0.39, 0.29) is 17.3 Å². The molecule has 5 aliphatic carbocycles. The van der Waals surface area contributed by atoms with Crippen LogP contribution in [0.3, 0.4) is 0 Å². The highest BCUT2D eigenvalue weighted by Gasteiger charge is 2.65. The Morgan fingerprint density at radius 1 is 0.897 bits per heavy atom. The molecule has 4 bridgehead atoms. The maximum absolute atomic E-state index is 14.5. The second-order valence-electron chi connectivity index (χ2n) is 10.4. The van der Waals surface area contributed by atoms with Crippen LogP contribution in [-0.4, -0.2) is 23.0 Å². The molecule has 0 saturated carbocycles. The molecule has 1 saturated heterocycles. The fraction of sp³-hybridized carbons (Fsp3) is 0.156. The van der Waals surface area contributed by atoms with E-state index in [0.29, 0.717) is 0 Å². The number of nitrogens with zero attached hydrogens (tertiary/aromatic N) is 3. The van der Waals surface area contributed by atoms with Crippen molar-refractivity contribution in [2.24, 2.45) is 16.8 Å². The maximum Gasteiger partial charge on any atom is 0.293 e. The molecule has 39 heavy (non-hydrogen) atoms. The van der Waals surface area contributed by atoms with Crippen molar-refractivity contribution >= 4 is 35.1 Å². The van der Waals surface area contributed by atoms with Crippen molar-refractivity contribution in [3.63, 3.8) is 0 Å². The number of rotatable bonds is 4. The van der Waals surface area contributed by atoms with Crippen molar-refractivity contribution < 1.29 is 14.5 Å². The lowest BCUT2D eigenvalue weighted by Gasteiger charge is -2.48. The number of aliphatic imine (C=N–C) groups is 1. The zero-order chi connectivity index (χ0) is 26.9. The summed E-state index contributed by atoms with van der Waals surface area (Å²) in [7, 11) is 0. The third kappa shape index (κ3) is 3.13. The van der Waals surface area contributed by atoms with Gasteiger partial charge in [-0.25, -0.2) is 4.90 Å². The summed E-state index contributed by atoms with van der Waals surface area (Å²) in [6.07, 6.45) is 1.82. The van der Waals surface area contributed by atoms with Crippen LogP contribution in [0.5, 0.6) is 0 Å². The molecule has 7 nitrogen and oxygen atoms in total. The summed E-state index contributed by atoms with van der Waals surface area (Å²) in [4.78, 5) is 46.1. The minimum absolute atomic E-state index is 0.00161. The smallest absolute Gasteiger partial charge is 0.274 e.